The first kappa shape index (κ1) is 16.0. The SMILES string of the molecule is CCN(CC)C(=O)N(CCO)c1ccc(C(=O)O)cc1. The second kappa shape index (κ2) is 7.49. The molecule has 0 aliphatic rings. The minimum absolute atomic E-state index is 0.159. The molecule has 1 aromatic carbocycles. The van der Waals surface area contributed by atoms with Crippen molar-refractivity contribution in [2.45, 2.75) is 13.8 Å². The van der Waals surface area contributed by atoms with Crippen molar-refractivity contribution in [2.24, 2.45) is 0 Å². The molecular weight excluding hydrogens is 260 g/mol. The number of hydrogen-bond acceptors (Lipinski definition) is 3. The Morgan fingerprint density at radius 3 is 2.05 bits per heavy atom. The molecule has 0 spiro atoms. The van der Waals surface area contributed by atoms with E-state index in [-0.39, 0.29) is 24.7 Å². The van der Waals surface area contributed by atoms with E-state index in [2.05, 4.69) is 0 Å². The highest BCUT2D eigenvalue weighted by molar-refractivity contribution is 5.93. The maximum atomic E-state index is 12.3. The molecule has 0 fully saturated rings. The van der Waals surface area contributed by atoms with Crippen LogP contribution in [-0.4, -0.2) is 53.4 Å². The molecule has 2 N–H and O–H groups in total. The molecule has 0 heterocycles. The zero-order valence-electron chi connectivity index (χ0n) is 11.7. The van der Waals surface area contributed by atoms with Crippen LogP contribution in [0.4, 0.5) is 10.5 Å². The molecular formula is C14H20N2O4. The van der Waals surface area contributed by atoms with Gasteiger partial charge in [0.05, 0.1) is 18.7 Å². The quantitative estimate of drug-likeness (QED) is 0.830. The topological polar surface area (TPSA) is 81.1 Å². The van der Waals surface area contributed by atoms with Gasteiger partial charge in [-0.2, -0.15) is 0 Å². The van der Waals surface area contributed by atoms with Crippen LogP contribution in [0, 0.1) is 0 Å². The maximum Gasteiger partial charge on any atom is 0.335 e. The highest BCUT2D eigenvalue weighted by atomic mass is 16.4. The van der Waals surface area contributed by atoms with Crippen LogP contribution in [0.25, 0.3) is 0 Å². The summed E-state index contributed by atoms with van der Waals surface area (Å²) in [5, 5.41) is 18.0. The number of anilines is 1. The lowest BCUT2D eigenvalue weighted by Crippen LogP contribution is -2.44. The molecule has 1 aromatic rings. The van der Waals surface area contributed by atoms with E-state index in [0.29, 0.717) is 18.8 Å². The number of amides is 2. The third-order valence-electron chi connectivity index (χ3n) is 3.01. The van der Waals surface area contributed by atoms with Crippen molar-refractivity contribution in [3.8, 4) is 0 Å². The van der Waals surface area contributed by atoms with Crippen molar-refractivity contribution < 1.29 is 19.8 Å². The molecule has 1 rings (SSSR count). The summed E-state index contributed by atoms with van der Waals surface area (Å²) in [7, 11) is 0. The van der Waals surface area contributed by atoms with Crippen molar-refractivity contribution in [1.82, 2.24) is 4.90 Å². The minimum Gasteiger partial charge on any atom is -0.478 e. The number of aliphatic hydroxyl groups is 1. The molecule has 0 saturated carbocycles. The van der Waals surface area contributed by atoms with Gasteiger partial charge in [0.25, 0.3) is 0 Å². The number of carboxylic acids is 1. The van der Waals surface area contributed by atoms with Crippen molar-refractivity contribution in [2.75, 3.05) is 31.1 Å². The fourth-order valence-corrected chi connectivity index (χ4v) is 1.88. The third-order valence-corrected chi connectivity index (χ3v) is 3.01. The molecule has 2 amide bonds. The summed E-state index contributed by atoms with van der Waals surface area (Å²) in [6, 6.07) is 5.82. The summed E-state index contributed by atoms with van der Waals surface area (Å²) < 4.78 is 0. The Kier molecular flexibility index (Phi) is 5.99. The van der Waals surface area contributed by atoms with Crippen LogP contribution in [0.15, 0.2) is 24.3 Å². The van der Waals surface area contributed by atoms with E-state index < -0.39 is 5.97 Å². The van der Waals surface area contributed by atoms with Gasteiger partial charge in [-0.15, -0.1) is 0 Å². The van der Waals surface area contributed by atoms with Gasteiger partial charge < -0.3 is 15.1 Å². The molecule has 0 atom stereocenters. The van der Waals surface area contributed by atoms with E-state index in [1.54, 1.807) is 17.0 Å². The second-order valence-corrected chi connectivity index (χ2v) is 4.18. The van der Waals surface area contributed by atoms with Crippen LogP contribution >= 0.6 is 0 Å². The zero-order chi connectivity index (χ0) is 15.1. The monoisotopic (exact) mass is 280 g/mol. The Labute approximate surface area is 118 Å². The van der Waals surface area contributed by atoms with Crippen LogP contribution in [0.5, 0.6) is 0 Å². The molecule has 0 aliphatic carbocycles. The predicted molar refractivity (Wildman–Crippen MR) is 76.2 cm³/mol. The van der Waals surface area contributed by atoms with Gasteiger partial charge in [-0.1, -0.05) is 0 Å². The van der Waals surface area contributed by atoms with E-state index >= 15 is 0 Å². The number of carbonyl (C=O) groups excluding carboxylic acids is 1. The fourth-order valence-electron chi connectivity index (χ4n) is 1.88. The number of aliphatic hydroxyl groups excluding tert-OH is 1. The Hall–Kier alpha value is -2.08. The van der Waals surface area contributed by atoms with Gasteiger partial charge in [-0.05, 0) is 38.1 Å². The van der Waals surface area contributed by atoms with Gasteiger partial charge >= 0.3 is 12.0 Å². The zero-order valence-corrected chi connectivity index (χ0v) is 11.7. The number of benzene rings is 1. The van der Waals surface area contributed by atoms with E-state index in [9.17, 15) is 9.59 Å². The van der Waals surface area contributed by atoms with E-state index in [1.165, 1.54) is 17.0 Å². The standard InChI is InChI=1S/C14H20N2O4/c1-3-15(4-2)14(20)16(9-10-17)12-7-5-11(6-8-12)13(18)19/h5-8,17H,3-4,9-10H2,1-2H3,(H,18,19). The summed E-state index contributed by atoms with van der Waals surface area (Å²) >= 11 is 0. The van der Waals surface area contributed by atoms with E-state index in [4.69, 9.17) is 10.2 Å². The van der Waals surface area contributed by atoms with Gasteiger partial charge in [0.15, 0.2) is 0 Å². The molecule has 6 heteroatoms. The molecule has 0 unspecified atom stereocenters. The Morgan fingerprint density at radius 2 is 1.65 bits per heavy atom. The number of nitrogens with zero attached hydrogens (tertiary/aromatic N) is 2. The highest BCUT2D eigenvalue weighted by Gasteiger charge is 2.20. The molecule has 110 valence electrons. The summed E-state index contributed by atoms with van der Waals surface area (Å²) in [5.41, 5.74) is 0.730. The highest BCUT2D eigenvalue weighted by Crippen LogP contribution is 2.17. The average Bonchev–Trinajstić information content (AvgIpc) is 2.46. The van der Waals surface area contributed by atoms with Crippen molar-refractivity contribution >= 4 is 17.7 Å². The summed E-state index contributed by atoms with van der Waals surface area (Å²) in [6.45, 7) is 4.92. The Balaban J connectivity index is 3.00. The van der Waals surface area contributed by atoms with E-state index in [1.807, 2.05) is 13.8 Å². The van der Waals surface area contributed by atoms with Crippen LogP contribution < -0.4 is 4.90 Å². The molecule has 0 aliphatic heterocycles. The van der Waals surface area contributed by atoms with E-state index in [0.717, 1.165) is 0 Å². The van der Waals surface area contributed by atoms with Crippen LogP contribution in [0.2, 0.25) is 0 Å². The predicted octanol–water partition coefficient (Wildman–Crippen LogP) is 1.65. The second-order valence-electron chi connectivity index (χ2n) is 4.18. The summed E-state index contributed by atoms with van der Waals surface area (Å²) in [5.74, 6) is -1.01. The number of aromatic carboxylic acids is 1. The average molecular weight is 280 g/mol. The van der Waals surface area contributed by atoms with Gasteiger partial charge in [0.2, 0.25) is 0 Å². The van der Waals surface area contributed by atoms with Crippen LogP contribution in [-0.2, 0) is 0 Å². The molecule has 0 saturated heterocycles. The van der Waals surface area contributed by atoms with Crippen molar-refractivity contribution in [1.29, 1.82) is 0 Å². The van der Waals surface area contributed by atoms with Crippen LogP contribution in [0.3, 0.4) is 0 Å². The fraction of sp³-hybridized carbons (Fsp3) is 0.429. The van der Waals surface area contributed by atoms with Gasteiger partial charge in [-0.3, -0.25) is 4.90 Å². The maximum absolute atomic E-state index is 12.3. The first-order valence-electron chi connectivity index (χ1n) is 6.55. The summed E-state index contributed by atoms with van der Waals surface area (Å²) in [6.07, 6.45) is 0. The smallest absolute Gasteiger partial charge is 0.335 e. The molecule has 0 aromatic heterocycles. The van der Waals surface area contributed by atoms with Crippen molar-refractivity contribution in [3.63, 3.8) is 0 Å². The number of carbonyl (C=O) groups is 2. The number of carboxylic acid groups (broad SMARTS) is 1. The lowest BCUT2D eigenvalue weighted by Gasteiger charge is -2.29. The minimum atomic E-state index is -1.01. The Morgan fingerprint density at radius 1 is 1.10 bits per heavy atom. The van der Waals surface area contributed by atoms with Gasteiger partial charge in [0.1, 0.15) is 0 Å². The largest absolute Gasteiger partial charge is 0.478 e. The Bertz CT molecular complexity index is 455. The number of urea groups is 1. The van der Waals surface area contributed by atoms with Crippen LogP contribution in [0.1, 0.15) is 24.2 Å². The normalized spacial score (nSPS) is 10.2. The summed E-state index contributed by atoms with van der Waals surface area (Å²) in [4.78, 5) is 26.2. The lowest BCUT2D eigenvalue weighted by molar-refractivity contribution is 0.0697. The first-order chi connectivity index (χ1) is 9.54. The lowest BCUT2D eigenvalue weighted by atomic mass is 10.2. The number of rotatable bonds is 6. The van der Waals surface area contributed by atoms with Crippen molar-refractivity contribution in [3.05, 3.63) is 29.8 Å². The number of hydrogen-bond donors (Lipinski definition) is 2. The van der Waals surface area contributed by atoms with Gasteiger partial charge in [-0.25, -0.2) is 9.59 Å². The third kappa shape index (κ3) is 3.71. The molecule has 20 heavy (non-hydrogen) atoms. The first-order valence-corrected chi connectivity index (χ1v) is 6.55. The molecule has 0 radical (unpaired) electrons. The molecule has 6 nitrogen and oxygen atoms in total. The van der Waals surface area contributed by atoms with Gasteiger partial charge in [0, 0.05) is 18.8 Å². The molecule has 0 bridgehead atoms.